The number of carbonyl (C=O) groups is 3. The van der Waals surface area contributed by atoms with Crippen LogP contribution in [0.2, 0.25) is 0 Å². The van der Waals surface area contributed by atoms with E-state index in [1.807, 2.05) is 0 Å². The Morgan fingerprint density at radius 3 is 0.781 bits per heavy atom. The number of allylic oxidation sites excluding steroid dienone is 2. The molecule has 0 rings (SSSR count). The lowest BCUT2D eigenvalue weighted by atomic mass is 10.0. The third-order valence-electron chi connectivity index (χ3n) is 13.0. The van der Waals surface area contributed by atoms with Gasteiger partial charge in [0.15, 0.2) is 6.10 Å². The molecule has 1 atom stereocenters. The summed E-state index contributed by atoms with van der Waals surface area (Å²) in [7, 11) is 0. The molecule has 0 aliphatic rings. The predicted molar refractivity (Wildman–Crippen MR) is 275 cm³/mol. The summed E-state index contributed by atoms with van der Waals surface area (Å²) >= 11 is 0. The van der Waals surface area contributed by atoms with E-state index >= 15 is 0 Å². The number of hydrogen-bond donors (Lipinski definition) is 0. The molecule has 378 valence electrons. The second kappa shape index (κ2) is 53.8. The first-order chi connectivity index (χ1) is 31.5. The molecule has 0 fully saturated rings. The van der Waals surface area contributed by atoms with E-state index in [0.29, 0.717) is 19.3 Å². The van der Waals surface area contributed by atoms with Crippen LogP contribution in [0.1, 0.15) is 323 Å². The number of unbranched alkanes of at least 4 members (excludes halogenated alkanes) is 40. The summed E-state index contributed by atoms with van der Waals surface area (Å²) in [6, 6.07) is 0. The fourth-order valence-electron chi connectivity index (χ4n) is 8.68. The lowest BCUT2D eigenvalue weighted by Crippen LogP contribution is -2.30. The first kappa shape index (κ1) is 62.1. The van der Waals surface area contributed by atoms with E-state index in [9.17, 15) is 14.4 Å². The van der Waals surface area contributed by atoms with Gasteiger partial charge in [0.2, 0.25) is 0 Å². The number of hydrogen-bond acceptors (Lipinski definition) is 6. The molecular formula is C58H110O6. The molecule has 0 radical (unpaired) electrons. The Bertz CT molecular complexity index is 993. The minimum absolute atomic E-state index is 0.0675. The van der Waals surface area contributed by atoms with Gasteiger partial charge in [-0.25, -0.2) is 0 Å². The van der Waals surface area contributed by atoms with Crippen LogP contribution in [-0.2, 0) is 28.6 Å². The normalized spacial score (nSPS) is 12.0. The molecule has 0 amide bonds. The Morgan fingerprint density at radius 1 is 0.297 bits per heavy atom. The third-order valence-corrected chi connectivity index (χ3v) is 13.0. The molecule has 0 N–H and O–H groups in total. The van der Waals surface area contributed by atoms with Crippen molar-refractivity contribution in [3.63, 3.8) is 0 Å². The number of rotatable bonds is 53. The molecule has 0 saturated carbocycles. The van der Waals surface area contributed by atoms with Crippen molar-refractivity contribution in [3.05, 3.63) is 12.2 Å². The Morgan fingerprint density at radius 2 is 0.516 bits per heavy atom. The third kappa shape index (κ3) is 51.1. The summed E-state index contributed by atoms with van der Waals surface area (Å²) in [5.41, 5.74) is 0. The van der Waals surface area contributed by atoms with E-state index in [-0.39, 0.29) is 31.1 Å². The molecule has 0 heterocycles. The van der Waals surface area contributed by atoms with Gasteiger partial charge >= 0.3 is 17.9 Å². The number of ether oxygens (including phenoxy) is 3. The Labute approximate surface area is 399 Å². The van der Waals surface area contributed by atoms with Crippen LogP contribution in [0.3, 0.4) is 0 Å². The zero-order valence-electron chi connectivity index (χ0n) is 43.3. The van der Waals surface area contributed by atoms with Gasteiger partial charge in [0, 0.05) is 19.3 Å². The maximum Gasteiger partial charge on any atom is 0.306 e. The van der Waals surface area contributed by atoms with E-state index in [4.69, 9.17) is 14.2 Å². The minimum Gasteiger partial charge on any atom is -0.462 e. The largest absolute Gasteiger partial charge is 0.462 e. The zero-order valence-corrected chi connectivity index (χ0v) is 43.3. The highest BCUT2D eigenvalue weighted by molar-refractivity contribution is 5.71. The lowest BCUT2D eigenvalue weighted by Gasteiger charge is -2.18. The Kier molecular flexibility index (Phi) is 52.2. The molecule has 0 bridgehead atoms. The average Bonchev–Trinajstić information content (AvgIpc) is 3.29. The molecule has 0 unspecified atom stereocenters. The maximum absolute atomic E-state index is 12.8. The van der Waals surface area contributed by atoms with Gasteiger partial charge in [-0.15, -0.1) is 0 Å². The van der Waals surface area contributed by atoms with Crippen molar-refractivity contribution in [2.75, 3.05) is 13.2 Å². The van der Waals surface area contributed by atoms with Crippen molar-refractivity contribution >= 4 is 17.9 Å². The average molecular weight is 904 g/mol. The van der Waals surface area contributed by atoms with Crippen LogP contribution in [0.4, 0.5) is 0 Å². The van der Waals surface area contributed by atoms with Gasteiger partial charge in [-0.05, 0) is 44.9 Å². The van der Waals surface area contributed by atoms with E-state index in [1.165, 1.54) is 218 Å². The molecule has 64 heavy (non-hydrogen) atoms. The summed E-state index contributed by atoms with van der Waals surface area (Å²) in [4.78, 5) is 38.1. The molecule has 0 aromatic heterocycles. The highest BCUT2D eigenvalue weighted by Gasteiger charge is 2.19. The van der Waals surface area contributed by atoms with Crippen molar-refractivity contribution in [2.24, 2.45) is 0 Å². The van der Waals surface area contributed by atoms with Crippen LogP contribution in [0.25, 0.3) is 0 Å². The molecular weight excluding hydrogens is 793 g/mol. The van der Waals surface area contributed by atoms with Crippen LogP contribution in [0.15, 0.2) is 12.2 Å². The highest BCUT2D eigenvalue weighted by atomic mass is 16.6. The fraction of sp³-hybridized carbons (Fsp3) is 0.914. The van der Waals surface area contributed by atoms with Crippen molar-refractivity contribution in [3.8, 4) is 0 Å². The molecule has 0 aromatic rings. The monoisotopic (exact) mass is 903 g/mol. The zero-order chi connectivity index (χ0) is 46.5. The van der Waals surface area contributed by atoms with Crippen LogP contribution in [0, 0.1) is 0 Å². The van der Waals surface area contributed by atoms with Gasteiger partial charge in [-0.2, -0.15) is 0 Å². The quantitative estimate of drug-likeness (QED) is 0.0262. The predicted octanol–water partition coefficient (Wildman–Crippen LogP) is 18.9. The van der Waals surface area contributed by atoms with Gasteiger partial charge in [-0.3, -0.25) is 14.4 Å². The minimum atomic E-state index is -0.768. The van der Waals surface area contributed by atoms with Gasteiger partial charge < -0.3 is 14.2 Å². The maximum atomic E-state index is 12.8. The summed E-state index contributed by atoms with van der Waals surface area (Å²) in [5.74, 6) is -0.853. The fourth-order valence-corrected chi connectivity index (χ4v) is 8.68. The van der Waals surface area contributed by atoms with Gasteiger partial charge in [-0.1, -0.05) is 270 Å². The first-order valence-electron chi connectivity index (χ1n) is 28.7. The molecule has 6 heteroatoms. The number of carbonyl (C=O) groups excluding carboxylic acids is 3. The standard InChI is InChI=1S/C58H110O6/c1-4-7-10-13-16-19-22-25-27-28-29-30-31-34-36-39-42-45-48-51-57(60)63-54-55(53-62-56(59)50-47-44-41-38-35-32-24-21-18-15-12-9-6-3)64-58(61)52-49-46-43-40-37-33-26-23-20-17-14-11-8-5-2/h23,26,55H,4-22,24-25,27-54H2,1-3H3/b26-23-/t55-/m1/s1. The topological polar surface area (TPSA) is 78.9 Å². The van der Waals surface area contributed by atoms with Crippen LogP contribution in [-0.4, -0.2) is 37.2 Å². The highest BCUT2D eigenvalue weighted by Crippen LogP contribution is 2.17. The van der Waals surface area contributed by atoms with Gasteiger partial charge in [0.05, 0.1) is 0 Å². The van der Waals surface area contributed by atoms with Crippen molar-refractivity contribution in [1.29, 1.82) is 0 Å². The lowest BCUT2D eigenvalue weighted by molar-refractivity contribution is -0.167. The summed E-state index contributed by atoms with van der Waals surface area (Å²) in [5, 5.41) is 0. The van der Waals surface area contributed by atoms with E-state index < -0.39 is 6.10 Å². The molecule has 0 aromatic carbocycles. The van der Waals surface area contributed by atoms with Crippen LogP contribution in [0.5, 0.6) is 0 Å². The number of esters is 3. The second-order valence-corrected chi connectivity index (χ2v) is 19.6. The van der Waals surface area contributed by atoms with E-state index in [1.54, 1.807) is 0 Å². The van der Waals surface area contributed by atoms with Gasteiger partial charge in [0.25, 0.3) is 0 Å². The Balaban J connectivity index is 4.28. The summed E-state index contributed by atoms with van der Waals surface area (Å²) in [6.45, 7) is 6.68. The van der Waals surface area contributed by atoms with Crippen molar-refractivity contribution in [2.45, 2.75) is 329 Å². The first-order valence-corrected chi connectivity index (χ1v) is 28.7. The second-order valence-electron chi connectivity index (χ2n) is 19.6. The smallest absolute Gasteiger partial charge is 0.306 e. The summed E-state index contributed by atoms with van der Waals surface area (Å²) < 4.78 is 16.9. The Hall–Kier alpha value is -1.85. The SMILES string of the molecule is CCCCCCC/C=C\CCCCCCCC(=O)O[C@H](COC(=O)CCCCCCCCCCCCCCC)COC(=O)CCCCCCCCCCCCCCCCCCCCC. The molecule has 0 saturated heterocycles. The van der Waals surface area contributed by atoms with E-state index in [2.05, 4.69) is 32.9 Å². The molecule has 0 aliphatic heterocycles. The molecule has 6 nitrogen and oxygen atoms in total. The van der Waals surface area contributed by atoms with Crippen molar-refractivity contribution in [1.82, 2.24) is 0 Å². The summed E-state index contributed by atoms with van der Waals surface area (Å²) in [6.07, 6.45) is 60.6. The van der Waals surface area contributed by atoms with E-state index in [0.717, 1.165) is 64.2 Å². The molecule has 0 aliphatic carbocycles. The van der Waals surface area contributed by atoms with Crippen LogP contribution >= 0.6 is 0 Å². The molecule has 0 spiro atoms. The van der Waals surface area contributed by atoms with Gasteiger partial charge in [0.1, 0.15) is 13.2 Å². The van der Waals surface area contributed by atoms with Crippen molar-refractivity contribution < 1.29 is 28.6 Å². The van der Waals surface area contributed by atoms with Crippen LogP contribution < -0.4 is 0 Å².